The predicted octanol–water partition coefficient (Wildman–Crippen LogP) is 4.26. The van der Waals surface area contributed by atoms with Crippen molar-refractivity contribution in [3.05, 3.63) is 46.6 Å². The van der Waals surface area contributed by atoms with Gasteiger partial charge in [0.1, 0.15) is 17.0 Å². The third-order valence-electron chi connectivity index (χ3n) is 4.87. The van der Waals surface area contributed by atoms with E-state index in [1.807, 2.05) is 11.3 Å². The Hall–Kier alpha value is -1.94. The number of fused-ring (bicyclic) bond motifs is 4. The van der Waals surface area contributed by atoms with E-state index in [0.717, 1.165) is 18.8 Å². The van der Waals surface area contributed by atoms with Crippen molar-refractivity contribution in [3.63, 3.8) is 0 Å². The third kappa shape index (κ3) is 1.73. The molecule has 2 aromatic heterocycles. The number of aryl methyl sites for hydroxylation is 2. The third-order valence-corrected chi connectivity index (χ3v) is 6.07. The number of para-hydroxylation sites is 1. The van der Waals surface area contributed by atoms with Crippen molar-refractivity contribution >= 4 is 33.1 Å². The molecule has 3 heterocycles. The van der Waals surface area contributed by atoms with Crippen LogP contribution < -0.4 is 4.90 Å². The molecule has 3 nitrogen and oxygen atoms in total. The van der Waals surface area contributed by atoms with Crippen molar-refractivity contribution in [2.24, 2.45) is 0 Å². The monoisotopic (exact) mass is 307 g/mol. The van der Waals surface area contributed by atoms with E-state index in [0.29, 0.717) is 0 Å². The van der Waals surface area contributed by atoms with Gasteiger partial charge in [-0.3, -0.25) is 0 Å². The number of hydrogen-bond acceptors (Lipinski definition) is 4. The molecule has 0 saturated carbocycles. The Kier molecular flexibility index (Phi) is 2.74. The fourth-order valence-corrected chi connectivity index (χ4v) is 5.06. The van der Waals surface area contributed by atoms with Crippen molar-refractivity contribution in [1.82, 2.24) is 9.97 Å². The minimum atomic E-state index is 1.02. The summed E-state index contributed by atoms with van der Waals surface area (Å²) in [6, 6.07) is 8.70. The second kappa shape index (κ2) is 4.78. The summed E-state index contributed by atoms with van der Waals surface area (Å²) >= 11 is 1.88. The first-order valence-electron chi connectivity index (χ1n) is 8.02. The van der Waals surface area contributed by atoms with Crippen LogP contribution >= 0.6 is 11.3 Å². The van der Waals surface area contributed by atoms with Gasteiger partial charge in [0.05, 0.1) is 5.39 Å². The van der Waals surface area contributed by atoms with Crippen LogP contribution in [0, 0.1) is 0 Å². The second-order valence-electron chi connectivity index (χ2n) is 6.12. The minimum absolute atomic E-state index is 1.02. The summed E-state index contributed by atoms with van der Waals surface area (Å²) in [7, 11) is 0. The molecule has 1 aliphatic carbocycles. The van der Waals surface area contributed by atoms with Crippen LogP contribution in [0.4, 0.5) is 11.5 Å². The van der Waals surface area contributed by atoms with Crippen LogP contribution in [0.15, 0.2) is 30.6 Å². The highest BCUT2D eigenvalue weighted by molar-refractivity contribution is 7.19. The molecule has 110 valence electrons. The smallest absolute Gasteiger partial charge is 0.145 e. The maximum absolute atomic E-state index is 4.69. The highest BCUT2D eigenvalue weighted by Gasteiger charge is 2.26. The molecule has 1 aliphatic heterocycles. The zero-order chi connectivity index (χ0) is 14.5. The number of anilines is 2. The van der Waals surface area contributed by atoms with Crippen LogP contribution in [-0.4, -0.2) is 16.5 Å². The molecule has 3 aromatic rings. The van der Waals surface area contributed by atoms with Gasteiger partial charge < -0.3 is 4.90 Å². The molecule has 0 amide bonds. The molecule has 0 spiro atoms. The number of hydrogen-bond donors (Lipinski definition) is 0. The number of aromatic nitrogens is 2. The van der Waals surface area contributed by atoms with Crippen LogP contribution in [0.25, 0.3) is 10.2 Å². The first kappa shape index (κ1) is 12.6. The molecule has 0 saturated heterocycles. The summed E-state index contributed by atoms with van der Waals surface area (Å²) in [5.74, 6) is 1.12. The zero-order valence-corrected chi connectivity index (χ0v) is 13.2. The normalized spacial score (nSPS) is 16.8. The molecule has 0 atom stereocenters. The molecular weight excluding hydrogens is 290 g/mol. The molecule has 22 heavy (non-hydrogen) atoms. The van der Waals surface area contributed by atoms with Gasteiger partial charge in [0.25, 0.3) is 0 Å². The number of nitrogens with zero attached hydrogens (tertiary/aromatic N) is 3. The van der Waals surface area contributed by atoms with Gasteiger partial charge in [-0.2, -0.15) is 0 Å². The van der Waals surface area contributed by atoms with E-state index in [-0.39, 0.29) is 0 Å². The van der Waals surface area contributed by atoms with E-state index >= 15 is 0 Å². The summed E-state index contributed by atoms with van der Waals surface area (Å²) in [5, 5.41) is 1.32. The Morgan fingerprint density at radius 2 is 1.91 bits per heavy atom. The highest BCUT2D eigenvalue weighted by atomic mass is 32.1. The summed E-state index contributed by atoms with van der Waals surface area (Å²) < 4.78 is 0. The Morgan fingerprint density at radius 1 is 1.00 bits per heavy atom. The van der Waals surface area contributed by atoms with Crippen LogP contribution in [0.5, 0.6) is 0 Å². The Morgan fingerprint density at radius 3 is 2.91 bits per heavy atom. The molecule has 0 fully saturated rings. The van der Waals surface area contributed by atoms with E-state index in [1.54, 1.807) is 6.33 Å². The van der Waals surface area contributed by atoms with Crippen molar-refractivity contribution in [2.75, 3.05) is 11.4 Å². The lowest BCUT2D eigenvalue weighted by molar-refractivity contribution is 0.700. The number of benzene rings is 1. The van der Waals surface area contributed by atoms with E-state index in [4.69, 9.17) is 0 Å². The Bertz CT molecular complexity index is 868. The maximum Gasteiger partial charge on any atom is 0.145 e. The largest absolute Gasteiger partial charge is 0.325 e. The number of thiophene rings is 1. The molecule has 5 rings (SSSR count). The van der Waals surface area contributed by atoms with E-state index < -0.39 is 0 Å². The van der Waals surface area contributed by atoms with Gasteiger partial charge in [-0.25, -0.2) is 9.97 Å². The van der Waals surface area contributed by atoms with Gasteiger partial charge in [0, 0.05) is 17.1 Å². The highest BCUT2D eigenvalue weighted by Crippen LogP contribution is 2.42. The minimum Gasteiger partial charge on any atom is -0.325 e. The molecule has 1 aromatic carbocycles. The lowest BCUT2D eigenvalue weighted by Crippen LogP contribution is -2.15. The average molecular weight is 307 g/mol. The van der Waals surface area contributed by atoms with Crippen molar-refractivity contribution in [1.29, 1.82) is 0 Å². The summed E-state index contributed by atoms with van der Waals surface area (Å²) in [6.07, 6.45) is 7.85. The van der Waals surface area contributed by atoms with Gasteiger partial charge in [0.2, 0.25) is 0 Å². The zero-order valence-electron chi connectivity index (χ0n) is 12.4. The second-order valence-corrected chi connectivity index (χ2v) is 7.20. The fraction of sp³-hybridized carbons (Fsp3) is 0.333. The van der Waals surface area contributed by atoms with Crippen LogP contribution in [-0.2, 0) is 19.3 Å². The van der Waals surface area contributed by atoms with Crippen molar-refractivity contribution in [3.8, 4) is 0 Å². The van der Waals surface area contributed by atoms with E-state index in [1.165, 1.54) is 57.6 Å². The van der Waals surface area contributed by atoms with Gasteiger partial charge in [0.15, 0.2) is 0 Å². The molecule has 0 N–H and O–H groups in total. The number of rotatable bonds is 1. The quantitative estimate of drug-likeness (QED) is 0.672. The van der Waals surface area contributed by atoms with Crippen LogP contribution in [0.2, 0.25) is 0 Å². The first-order chi connectivity index (χ1) is 10.9. The van der Waals surface area contributed by atoms with E-state index in [2.05, 4.69) is 39.1 Å². The van der Waals surface area contributed by atoms with Crippen molar-refractivity contribution < 1.29 is 0 Å². The maximum atomic E-state index is 4.69. The van der Waals surface area contributed by atoms with Crippen molar-refractivity contribution in [2.45, 2.75) is 32.1 Å². The molecule has 0 radical (unpaired) electrons. The standard InChI is InChI=1S/C18H17N3S/c1-3-7-14-12(5-1)9-10-21(14)17-16-13-6-2-4-8-15(13)22-18(16)20-11-19-17/h1,3,5,7,11H,2,4,6,8-10H2. The summed E-state index contributed by atoms with van der Waals surface area (Å²) in [4.78, 5) is 14.3. The summed E-state index contributed by atoms with van der Waals surface area (Å²) in [6.45, 7) is 1.02. The lowest BCUT2D eigenvalue weighted by Gasteiger charge is -2.20. The summed E-state index contributed by atoms with van der Waals surface area (Å²) in [5.41, 5.74) is 4.27. The molecule has 2 aliphatic rings. The predicted molar refractivity (Wildman–Crippen MR) is 91.2 cm³/mol. The first-order valence-corrected chi connectivity index (χ1v) is 8.84. The SMILES string of the molecule is c1ccc2c(c1)CCN2c1ncnc2sc3c(c12)CCCC3. The van der Waals surface area contributed by atoms with Gasteiger partial charge in [-0.15, -0.1) is 11.3 Å². The van der Waals surface area contributed by atoms with Gasteiger partial charge >= 0.3 is 0 Å². The molecule has 0 bridgehead atoms. The molecule has 0 unspecified atom stereocenters. The van der Waals surface area contributed by atoms with Crippen LogP contribution in [0.3, 0.4) is 0 Å². The average Bonchev–Trinajstić information content (AvgIpc) is 3.16. The Labute approximate surface area is 133 Å². The topological polar surface area (TPSA) is 29.0 Å². The van der Waals surface area contributed by atoms with Crippen LogP contribution in [0.1, 0.15) is 28.8 Å². The molecular formula is C18H17N3S. The van der Waals surface area contributed by atoms with Gasteiger partial charge in [-0.05, 0) is 49.3 Å². The van der Waals surface area contributed by atoms with E-state index in [9.17, 15) is 0 Å². The fourth-order valence-electron chi connectivity index (χ4n) is 3.84. The lowest BCUT2D eigenvalue weighted by atomic mass is 9.97. The Balaban J connectivity index is 1.74. The van der Waals surface area contributed by atoms with Gasteiger partial charge in [-0.1, -0.05) is 18.2 Å². The molecule has 4 heteroatoms.